The summed E-state index contributed by atoms with van der Waals surface area (Å²) in [5, 5.41) is 0.634. The molecule has 2 N–H and O–H groups in total. The lowest BCUT2D eigenvalue weighted by molar-refractivity contribution is 0.565. The van der Waals surface area contributed by atoms with E-state index in [0.29, 0.717) is 11.1 Å². The molecule has 1 aliphatic rings. The highest BCUT2D eigenvalue weighted by Gasteiger charge is 2.16. The van der Waals surface area contributed by atoms with Crippen LogP contribution in [-0.2, 0) is 0 Å². The van der Waals surface area contributed by atoms with Gasteiger partial charge in [0.15, 0.2) is 5.16 Å². The molecule has 0 saturated carbocycles. The molecule has 1 aliphatic heterocycles. The molecule has 0 bridgehead atoms. The van der Waals surface area contributed by atoms with Crippen molar-refractivity contribution in [2.75, 3.05) is 23.7 Å². The van der Waals surface area contributed by atoms with Gasteiger partial charge in [-0.1, -0.05) is 12.1 Å². The number of rotatable bonds is 3. The summed E-state index contributed by atoms with van der Waals surface area (Å²) in [5.74, 6) is 0.969. The van der Waals surface area contributed by atoms with Gasteiger partial charge in [0.1, 0.15) is 0 Å². The maximum Gasteiger partial charge on any atom is 0.231 e. The van der Waals surface area contributed by atoms with Gasteiger partial charge in [0.05, 0.1) is 0 Å². The third kappa shape index (κ3) is 3.65. The molecule has 0 atom stereocenters. The molecule has 2 aromatic rings. The number of aromatic nitrogens is 3. The van der Waals surface area contributed by atoms with E-state index in [1.54, 1.807) is 0 Å². The summed E-state index contributed by atoms with van der Waals surface area (Å²) in [6.45, 7) is 1.98. The van der Waals surface area contributed by atoms with E-state index < -0.39 is 0 Å². The fourth-order valence-corrected chi connectivity index (χ4v) is 3.57. The minimum absolute atomic E-state index is 0.278. The van der Waals surface area contributed by atoms with E-state index in [-0.39, 0.29) is 5.95 Å². The Morgan fingerprint density at radius 1 is 1.05 bits per heavy atom. The van der Waals surface area contributed by atoms with Gasteiger partial charge in [0.2, 0.25) is 11.9 Å². The molecule has 0 amide bonds. The topological polar surface area (TPSA) is 67.9 Å². The Morgan fingerprint density at radius 2 is 1.81 bits per heavy atom. The number of hydrogen-bond acceptors (Lipinski definition) is 6. The maximum absolute atomic E-state index is 5.84. The third-order valence-electron chi connectivity index (χ3n) is 3.30. The highest BCUT2D eigenvalue weighted by atomic mass is 79.9. The molecule has 110 valence electrons. The van der Waals surface area contributed by atoms with Crippen LogP contribution in [0, 0.1) is 0 Å². The van der Waals surface area contributed by atoms with Gasteiger partial charge in [-0.3, -0.25) is 0 Å². The zero-order chi connectivity index (χ0) is 14.7. The van der Waals surface area contributed by atoms with Crippen LogP contribution in [-0.4, -0.2) is 28.0 Å². The maximum atomic E-state index is 5.84. The lowest BCUT2D eigenvalue weighted by atomic mass is 10.1. The van der Waals surface area contributed by atoms with Crippen LogP contribution in [0.3, 0.4) is 0 Å². The summed E-state index contributed by atoms with van der Waals surface area (Å²) in [6.07, 6.45) is 3.63. The fraction of sp³-hybridized carbons (Fsp3) is 0.357. The van der Waals surface area contributed by atoms with Gasteiger partial charge in [-0.15, -0.1) is 0 Å². The molecule has 1 saturated heterocycles. The number of nitrogen functional groups attached to an aromatic ring is 1. The summed E-state index contributed by atoms with van der Waals surface area (Å²) >= 11 is 5.02. The second kappa shape index (κ2) is 6.62. The van der Waals surface area contributed by atoms with Crippen molar-refractivity contribution in [2.24, 2.45) is 0 Å². The molecule has 1 fully saturated rings. The summed E-state index contributed by atoms with van der Waals surface area (Å²) < 4.78 is 1.02. The first-order valence-corrected chi connectivity index (χ1v) is 8.52. The molecular formula is C14H16BrN5S. The normalized spacial score (nSPS) is 15.2. The number of benzene rings is 1. The Labute approximate surface area is 136 Å². The molecule has 1 aromatic carbocycles. The van der Waals surface area contributed by atoms with Crippen molar-refractivity contribution in [1.82, 2.24) is 15.0 Å². The molecule has 0 radical (unpaired) electrons. The molecular weight excluding hydrogens is 350 g/mol. The monoisotopic (exact) mass is 365 g/mol. The lowest BCUT2D eigenvalue weighted by Crippen LogP contribution is -2.31. The molecule has 21 heavy (non-hydrogen) atoms. The first-order valence-electron chi connectivity index (χ1n) is 6.91. The smallest absolute Gasteiger partial charge is 0.231 e. The van der Waals surface area contributed by atoms with Crippen molar-refractivity contribution in [1.29, 1.82) is 0 Å². The van der Waals surface area contributed by atoms with Crippen molar-refractivity contribution in [2.45, 2.75) is 29.3 Å². The van der Waals surface area contributed by atoms with Crippen molar-refractivity contribution in [3.63, 3.8) is 0 Å². The molecule has 2 heterocycles. The van der Waals surface area contributed by atoms with Gasteiger partial charge in [-0.05, 0) is 59.1 Å². The molecule has 0 unspecified atom stereocenters. The molecule has 5 nitrogen and oxygen atoms in total. The van der Waals surface area contributed by atoms with Gasteiger partial charge in [0.25, 0.3) is 0 Å². The van der Waals surface area contributed by atoms with E-state index in [1.807, 2.05) is 24.3 Å². The first kappa shape index (κ1) is 14.6. The summed E-state index contributed by atoms with van der Waals surface area (Å²) in [4.78, 5) is 16.3. The highest BCUT2D eigenvalue weighted by Crippen LogP contribution is 2.32. The zero-order valence-corrected chi connectivity index (χ0v) is 13.9. The Balaban J connectivity index is 1.85. The third-order valence-corrected chi connectivity index (χ3v) is 5.19. The van der Waals surface area contributed by atoms with Gasteiger partial charge in [-0.25, -0.2) is 0 Å². The molecule has 1 aromatic heterocycles. The molecule has 3 rings (SSSR count). The standard InChI is InChI=1S/C14H16BrN5S/c15-10-6-2-3-7-11(10)21-14-18-12(16)17-13(19-14)20-8-4-1-5-9-20/h2-3,6-7H,1,4-5,8-9H2,(H2,16,17,18,19). The number of anilines is 2. The largest absolute Gasteiger partial charge is 0.368 e. The summed E-state index contributed by atoms with van der Waals surface area (Å²) in [7, 11) is 0. The minimum atomic E-state index is 0.278. The van der Waals surface area contributed by atoms with Crippen LogP contribution < -0.4 is 10.6 Å². The lowest BCUT2D eigenvalue weighted by Gasteiger charge is -2.26. The Bertz CT molecular complexity index is 631. The summed E-state index contributed by atoms with van der Waals surface area (Å²) in [5.41, 5.74) is 5.84. The zero-order valence-electron chi connectivity index (χ0n) is 11.5. The van der Waals surface area contributed by atoms with Crippen LogP contribution in [0.15, 0.2) is 38.8 Å². The number of halogens is 1. The van der Waals surface area contributed by atoms with Crippen molar-refractivity contribution >= 4 is 39.6 Å². The quantitative estimate of drug-likeness (QED) is 0.899. The van der Waals surface area contributed by atoms with E-state index >= 15 is 0 Å². The van der Waals surface area contributed by atoms with Gasteiger partial charge in [-0.2, -0.15) is 15.0 Å². The SMILES string of the molecule is Nc1nc(Sc2ccccc2Br)nc(N2CCCCC2)n1. The molecule has 0 spiro atoms. The second-order valence-corrected chi connectivity index (χ2v) is 6.72. The average molecular weight is 366 g/mol. The number of nitrogens with two attached hydrogens (primary N) is 1. The van der Waals surface area contributed by atoms with Crippen LogP contribution in [0.4, 0.5) is 11.9 Å². The Hall–Kier alpha value is -1.34. The van der Waals surface area contributed by atoms with Crippen molar-refractivity contribution in [3.05, 3.63) is 28.7 Å². The van der Waals surface area contributed by atoms with Crippen molar-refractivity contribution < 1.29 is 0 Å². The van der Waals surface area contributed by atoms with Crippen LogP contribution in [0.5, 0.6) is 0 Å². The predicted octanol–water partition coefficient (Wildman–Crippen LogP) is 3.36. The summed E-state index contributed by atoms with van der Waals surface area (Å²) in [6, 6.07) is 7.99. The van der Waals surface area contributed by atoms with Crippen molar-refractivity contribution in [3.8, 4) is 0 Å². The van der Waals surface area contributed by atoms with Crippen LogP contribution in [0.2, 0.25) is 0 Å². The van der Waals surface area contributed by atoms with E-state index in [9.17, 15) is 0 Å². The van der Waals surface area contributed by atoms with Gasteiger partial charge < -0.3 is 10.6 Å². The first-order chi connectivity index (χ1) is 10.2. The fourth-order valence-electron chi connectivity index (χ4n) is 2.27. The number of hydrogen-bond donors (Lipinski definition) is 1. The number of nitrogens with zero attached hydrogens (tertiary/aromatic N) is 4. The molecule has 7 heteroatoms. The highest BCUT2D eigenvalue weighted by molar-refractivity contribution is 9.10. The van der Waals surface area contributed by atoms with E-state index in [0.717, 1.165) is 22.5 Å². The average Bonchev–Trinajstić information content (AvgIpc) is 2.50. The minimum Gasteiger partial charge on any atom is -0.368 e. The van der Waals surface area contributed by atoms with Gasteiger partial charge in [0, 0.05) is 22.5 Å². The van der Waals surface area contributed by atoms with Crippen LogP contribution >= 0.6 is 27.7 Å². The van der Waals surface area contributed by atoms with E-state index in [2.05, 4.69) is 35.8 Å². The Morgan fingerprint density at radius 3 is 2.57 bits per heavy atom. The second-order valence-electron chi connectivity index (χ2n) is 4.86. The Kier molecular flexibility index (Phi) is 4.60. The van der Waals surface area contributed by atoms with E-state index in [4.69, 9.17) is 5.73 Å². The van der Waals surface area contributed by atoms with E-state index in [1.165, 1.54) is 31.0 Å². The predicted molar refractivity (Wildman–Crippen MR) is 88.6 cm³/mol. The van der Waals surface area contributed by atoms with Gasteiger partial charge >= 0.3 is 0 Å². The van der Waals surface area contributed by atoms with Crippen LogP contribution in [0.1, 0.15) is 19.3 Å². The molecule has 0 aliphatic carbocycles. The number of piperidine rings is 1. The van der Waals surface area contributed by atoms with Crippen LogP contribution in [0.25, 0.3) is 0 Å².